The molecule has 0 saturated heterocycles. The average Bonchev–Trinajstić information content (AvgIpc) is 2.84. The second-order valence-corrected chi connectivity index (χ2v) is 7.19. The van der Waals surface area contributed by atoms with Crippen molar-refractivity contribution in [2.75, 3.05) is 0 Å². The highest BCUT2D eigenvalue weighted by atomic mass is 16.3. The molecule has 6 nitrogen and oxygen atoms in total. The van der Waals surface area contributed by atoms with Crippen molar-refractivity contribution in [3.63, 3.8) is 0 Å². The van der Waals surface area contributed by atoms with Crippen molar-refractivity contribution in [2.24, 2.45) is 9.98 Å². The van der Waals surface area contributed by atoms with E-state index in [1.165, 1.54) is 0 Å². The molecule has 0 bridgehead atoms. The third-order valence-electron chi connectivity index (χ3n) is 5.09. The molecule has 5 rings (SSSR count). The molecule has 32 heavy (non-hydrogen) atoms. The standard InChI is InChI=1S/C26H18N4O2/c31-23-11-9-21(19-3-1-13-27-25(19)23)29-15-17-5-7-18(8-6-17)16-30-22-10-12-24(32)26-20(22)4-2-14-28-26/h1-16,31-32H. The zero-order valence-electron chi connectivity index (χ0n) is 16.9. The van der Waals surface area contributed by atoms with Gasteiger partial charge in [0.2, 0.25) is 0 Å². The van der Waals surface area contributed by atoms with Crippen LogP contribution in [0.3, 0.4) is 0 Å². The minimum Gasteiger partial charge on any atom is -0.506 e. The number of aromatic hydroxyl groups is 2. The fraction of sp³-hybridized carbons (Fsp3) is 0. The summed E-state index contributed by atoms with van der Waals surface area (Å²) in [6.45, 7) is 0. The van der Waals surface area contributed by atoms with Gasteiger partial charge in [0.05, 0.1) is 11.4 Å². The molecule has 0 aliphatic carbocycles. The van der Waals surface area contributed by atoms with Crippen LogP contribution in [-0.4, -0.2) is 32.6 Å². The molecule has 6 heteroatoms. The first-order chi connectivity index (χ1) is 15.7. The first-order valence-electron chi connectivity index (χ1n) is 10.0. The van der Waals surface area contributed by atoms with Gasteiger partial charge in [-0.1, -0.05) is 24.3 Å². The lowest BCUT2D eigenvalue weighted by molar-refractivity contribution is 0.480. The lowest BCUT2D eigenvalue weighted by atomic mass is 10.1. The van der Waals surface area contributed by atoms with E-state index in [4.69, 9.17) is 0 Å². The molecule has 0 aliphatic rings. The summed E-state index contributed by atoms with van der Waals surface area (Å²) in [4.78, 5) is 17.6. The number of fused-ring (bicyclic) bond motifs is 2. The molecule has 0 atom stereocenters. The van der Waals surface area contributed by atoms with E-state index in [9.17, 15) is 10.2 Å². The minimum absolute atomic E-state index is 0.139. The molecule has 2 heterocycles. The maximum Gasteiger partial charge on any atom is 0.141 e. The Morgan fingerprint density at radius 1 is 0.562 bits per heavy atom. The number of phenols is 2. The Morgan fingerprint density at radius 3 is 1.44 bits per heavy atom. The molecule has 0 unspecified atom stereocenters. The van der Waals surface area contributed by atoms with Gasteiger partial charge < -0.3 is 10.2 Å². The van der Waals surface area contributed by atoms with Crippen LogP contribution < -0.4 is 0 Å². The summed E-state index contributed by atoms with van der Waals surface area (Å²) < 4.78 is 0. The van der Waals surface area contributed by atoms with E-state index in [1.54, 1.807) is 49.1 Å². The third kappa shape index (κ3) is 3.77. The lowest BCUT2D eigenvalue weighted by Gasteiger charge is -2.03. The maximum absolute atomic E-state index is 9.97. The van der Waals surface area contributed by atoms with Gasteiger partial charge in [-0.05, 0) is 59.7 Å². The summed E-state index contributed by atoms with van der Waals surface area (Å²) in [6.07, 6.45) is 6.85. The van der Waals surface area contributed by atoms with Gasteiger partial charge in [0.15, 0.2) is 0 Å². The number of rotatable bonds is 4. The van der Waals surface area contributed by atoms with Crippen molar-refractivity contribution in [2.45, 2.75) is 0 Å². The fourth-order valence-corrected chi connectivity index (χ4v) is 3.47. The molecule has 3 aromatic carbocycles. The number of benzene rings is 3. The van der Waals surface area contributed by atoms with Crippen molar-refractivity contribution < 1.29 is 10.2 Å². The predicted molar refractivity (Wildman–Crippen MR) is 128 cm³/mol. The number of pyridine rings is 2. The molecule has 0 fully saturated rings. The number of aliphatic imine (C=N–C) groups is 2. The highest BCUT2D eigenvalue weighted by Crippen LogP contribution is 2.31. The van der Waals surface area contributed by atoms with Gasteiger partial charge in [0.1, 0.15) is 22.5 Å². The van der Waals surface area contributed by atoms with Gasteiger partial charge in [-0.25, -0.2) is 0 Å². The van der Waals surface area contributed by atoms with Gasteiger partial charge in [0.25, 0.3) is 0 Å². The van der Waals surface area contributed by atoms with Gasteiger partial charge in [-0.15, -0.1) is 0 Å². The molecular weight excluding hydrogens is 400 g/mol. The summed E-state index contributed by atoms with van der Waals surface area (Å²) in [5.74, 6) is 0.278. The van der Waals surface area contributed by atoms with E-state index in [2.05, 4.69) is 20.0 Å². The quantitative estimate of drug-likeness (QED) is 0.367. The Hall–Kier alpha value is -4.58. The Balaban J connectivity index is 1.38. The van der Waals surface area contributed by atoms with Crippen LogP contribution in [0.5, 0.6) is 11.5 Å². The van der Waals surface area contributed by atoms with Crippen molar-refractivity contribution in [3.05, 3.63) is 96.3 Å². The summed E-state index contributed by atoms with van der Waals surface area (Å²) >= 11 is 0. The number of phenolic OH excluding ortho intramolecular Hbond substituents is 2. The zero-order valence-corrected chi connectivity index (χ0v) is 16.9. The van der Waals surface area contributed by atoms with E-state index in [0.29, 0.717) is 11.0 Å². The third-order valence-corrected chi connectivity index (χ3v) is 5.09. The van der Waals surface area contributed by atoms with E-state index < -0.39 is 0 Å². The van der Waals surface area contributed by atoms with Crippen LogP contribution in [0.4, 0.5) is 11.4 Å². The number of nitrogens with zero attached hydrogens (tertiary/aromatic N) is 4. The van der Waals surface area contributed by atoms with Crippen LogP contribution in [0.15, 0.2) is 95.2 Å². The van der Waals surface area contributed by atoms with E-state index in [-0.39, 0.29) is 11.5 Å². The predicted octanol–water partition coefficient (Wildman–Crippen LogP) is 5.70. The topological polar surface area (TPSA) is 91.0 Å². The Bertz CT molecular complexity index is 1380. The van der Waals surface area contributed by atoms with Crippen LogP contribution in [0.2, 0.25) is 0 Å². The molecular formula is C26H18N4O2. The van der Waals surface area contributed by atoms with Crippen LogP contribution in [0.25, 0.3) is 21.8 Å². The van der Waals surface area contributed by atoms with E-state index in [1.807, 2.05) is 48.5 Å². The van der Waals surface area contributed by atoms with Gasteiger partial charge in [0, 0.05) is 35.6 Å². The van der Waals surface area contributed by atoms with Crippen LogP contribution in [0.1, 0.15) is 11.1 Å². The first-order valence-corrected chi connectivity index (χ1v) is 10.0. The molecule has 0 spiro atoms. The van der Waals surface area contributed by atoms with Crippen molar-refractivity contribution in [1.82, 2.24) is 9.97 Å². The molecule has 0 saturated carbocycles. The maximum atomic E-state index is 9.97. The minimum atomic E-state index is 0.139. The highest BCUT2D eigenvalue weighted by Gasteiger charge is 2.06. The molecule has 0 aliphatic heterocycles. The summed E-state index contributed by atoms with van der Waals surface area (Å²) in [7, 11) is 0. The van der Waals surface area contributed by atoms with Crippen molar-refractivity contribution in [3.8, 4) is 11.5 Å². The molecule has 154 valence electrons. The van der Waals surface area contributed by atoms with Crippen LogP contribution in [-0.2, 0) is 0 Å². The summed E-state index contributed by atoms with van der Waals surface area (Å²) in [5.41, 5.74) is 4.42. The van der Waals surface area contributed by atoms with Crippen LogP contribution >= 0.6 is 0 Å². The second-order valence-electron chi connectivity index (χ2n) is 7.19. The second kappa shape index (κ2) is 8.28. The molecule has 2 N–H and O–H groups in total. The van der Waals surface area contributed by atoms with Crippen LogP contribution in [0, 0.1) is 0 Å². The number of hydrogen-bond donors (Lipinski definition) is 2. The number of aromatic nitrogens is 2. The smallest absolute Gasteiger partial charge is 0.141 e. The van der Waals surface area contributed by atoms with Crippen molar-refractivity contribution >= 4 is 45.6 Å². The van der Waals surface area contributed by atoms with Crippen molar-refractivity contribution in [1.29, 1.82) is 0 Å². The zero-order chi connectivity index (χ0) is 21.9. The Labute approximate surface area is 183 Å². The molecule has 2 aromatic heterocycles. The monoisotopic (exact) mass is 418 g/mol. The SMILES string of the molecule is Oc1ccc(N=Cc2ccc(C=Nc3ccc(O)c4ncccc34)cc2)c2cccnc12. The Kier molecular flexibility index (Phi) is 5.01. The lowest BCUT2D eigenvalue weighted by Crippen LogP contribution is -1.85. The Morgan fingerprint density at radius 2 is 1.00 bits per heavy atom. The van der Waals surface area contributed by atoms with Gasteiger partial charge >= 0.3 is 0 Å². The molecule has 0 amide bonds. The van der Waals surface area contributed by atoms with E-state index >= 15 is 0 Å². The highest BCUT2D eigenvalue weighted by molar-refractivity contribution is 5.97. The summed E-state index contributed by atoms with van der Waals surface area (Å²) in [5, 5.41) is 21.5. The fourth-order valence-electron chi connectivity index (χ4n) is 3.47. The molecule has 0 radical (unpaired) electrons. The first kappa shape index (κ1) is 19.4. The number of hydrogen-bond acceptors (Lipinski definition) is 6. The van der Waals surface area contributed by atoms with Gasteiger partial charge in [-0.3, -0.25) is 20.0 Å². The van der Waals surface area contributed by atoms with Gasteiger partial charge in [-0.2, -0.15) is 0 Å². The van der Waals surface area contributed by atoms with E-state index in [0.717, 1.165) is 33.3 Å². The normalized spacial score (nSPS) is 11.8. The summed E-state index contributed by atoms with van der Waals surface area (Å²) in [6, 6.07) is 22.0. The molecule has 5 aromatic rings. The largest absolute Gasteiger partial charge is 0.506 e. The average molecular weight is 418 g/mol.